The summed E-state index contributed by atoms with van der Waals surface area (Å²) in [7, 11) is 0. The first-order valence-corrected chi connectivity index (χ1v) is 6.12. The molecular weight excluding hydrogens is 343 g/mol. The first kappa shape index (κ1) is 14.3. The zero-order valence-electron chi connectivity index (χ0n) is 9.47. The number of nitrogens with zero attached hydrogens (tertiary/aromatic N) is 1. The third kappa shape index (κ3) is 3.58. The van der Waals surface area contributed by atoms with Crippen LogP contribution in [-0.2, 0) is 16.0 Å². The number of carbonyl (C=O) groups is 1. The van der Waals surface area contributed by atoms with Crippen LogP contribution >= 0.6 is 22.6 Å². The second kappa shape index (κ2) is 6.23. The van der Waals surface area contributed by atoms with Gasteiger partial charge in [-0.05, 0) is 47.6 Å². The van der Waals surface area contributed by atoms with Gasteiger partial charge in [0.05, 0.1) is 13.0 Å². The molecule has 0 aliphatic heterocycles. The van der Waals surface area contributed by atoms with Crippen LogP contribution in [0.3, 0.4) is 0 Å². The number of hydrogen-bond acceptors (Lipinski definition) is 3. The SMILES string of the molecule is CCOC(=O)Cc1c(C(F)F)cnc(I)c1C. The van der Waals surface area contributed by atoms with Crippen LogP contribution in [0.25, 0.3) is 0 Å². The Bertz CT molecular complexity index is 424. The van der Waals surface area contributed by atoms with E-state index in [9.17, 15) is 13.6 Å². The standard InChI is InChI=1S/C11H12F2INO2/c1-3-17-9(16)4-7-6(2)11(14)15-5-8(7)10(12)13/h5,10H,3-4H2,1-2H3. The van der Waals surface area contributed by atoms with E-state index >= 15 is 0 Å². The lowest BCUT2D eigenvalue weighted by atomic mass is 10.0. The van der Waals surface area contributed by atoms with Crippen molar-refractivity contribution in [2.45, 2.75) is 26.7 Å². The molecule has 1 rings (SSSR count). The summed E-state index contributed by atoms with van der Waals surface area (Å²) in [6.45, 7) is 3.59. The van der Waals surface area contributed by atoms with Crippen molar-refractivity contribution in [3.8, 4) is 0 Å². The average Bonchev–Trinajstić information content (AvgIpc) is 2.25. The van der Waals surface area contributed by atoms with Crippen molar-refractivity contribution in [1.82, 2.24) is 4.98 Å². The number of rotatable bonds is 4. The van der Waals surface area contributed by atoms with Gasteiger partial charge < -0.3 is 4.74 Å². The molecule has 0 amide bonds. The molecule has 0 fully saturated rings. The molecule has 0 N–H and O–H groups in total. The first-order valence-electron chi connectivity index (χ1n) is 5.05. The molecule has 17 heavy (non-hydrogen) atoms. The number of aromatic nitrogens is 1. The van der Waals surface area contributed by atoms with Gasteiger partial charge in [-0.1, -0.05) is 0 Å². The maximum atomic E-state index is 12.8. The lowest BCUT2D eigenvalue weighted by Crippen LogP contribution is -2.12. The molecule has 0 aliphatic rings. The van der Waals surface area contributed by atoms with Crippen LogP contribution in [0.4, 0.5) is 8.78 Å². The normalized spacial score (nSPS) is 10.7. The summed E-state index contributed by atoms with van der Waals surface area (Å²) in [6, 6.07) is 0. The lowest BCUT2D eigenvalue weighted by Gasteiger charge is -2.12. The highest BCUT2D eigenvalue weighted by molar-refractivity contribution is 14.1. The maximum Gasteiger partial charge on any atom is 0.310 e. The minimum Gasteiger partial charge on any atom is -0.466 e. The van der Waals surface area contributed by atoms with Gasteiger partial charge in [-0.25, -0.2) is 13.8 Å². The van der Waals surface area contributed by atoms with Crippen molar-refractivity contribution in [2.24, 2.45) is 0 Å². The smallest absolute Gasteiger partial charge is 0.310 e. The molecule has 1 aromatic rings. The Labute approximate surface area is 112 Å². The Balaban J connectivity index is 3.10. The summed E-state index contributed by atoms with van der Waals surface area (Å²) in [6.07, 6.45) is -1.66. The van der Waals surface area contributed by atoms with Gasteiger partial charge in [0.2, 0.25) is 0 Å². The van der Waals surface area contributed by atoms with Crippen molar-refractivity contribution in [2.75, 3.05) is 6.61 Å². The number of halogens is 3. The highest BCUT2D eigenvalue weighted by Crippen LogP contribution is 2.27. The van der Waals surface area contributed by atoms with Gasteiger partial charge >= 0.3 is 5.97 Å². The number of hydrogen-bond donors (Lipinski definition) is 0. The van der Waals surface area contributed by atoms with Gasteiger partial charge in [-0.15, -0.1) is 0 Å². The second-order valence-electron chi connectivity index (χ2n) is 3.39. The van der Waals surface area contributed by atoms with Crippen LogP contribution in [0, 0.1) is 10.6 Å². The zero-order valence-corrected chi connectivity index (χ0v) is 11.6. The summed E-state index contributed by atoms with van der Waals surface area (Å²) in [5.41, 5.74) is 0.727. The van der Waals surface area contributed by atoms with E-state index in [-0.39, 0.29) is 18.6 Å². The fraction of sp³-hybridized carbons (Fsp3) is 0.455. The molecule has 0 radical (unpaired) electrons. The topological polar surface area (TPSA) is 39.2 Å². The average molecular weight is 355 g/mol. The van der Waals surface area contributed by atoms with Gasteiger partial charge in [-0.2, -0.15) is 0 Å². The van der Waals surface area contributed by atoms with Crippen molar-refractivity contribution < 1.29 is 18.3 Å². The number of alkyl halides is 2. The van der Waals surface area contributed by atoms with Gasteiger partial charge in [0, 0.05) is 11.8 Å². The van der Waals surface area contributed by atoms with Crippen LogP contribution in [0.5, 0.6) is 0 Å². The third-order valence-electron chi connectivity index (χ3n) is 2.29. The van der Waals surface area contributed by atoms with E-state index in [0.717, 1.165) is 6.20 Å². The van der Waals surface area contributed by atoms with Gasteiger partial charge in [-0.3, -0.25) is 4.79 Å². The van der Waals surface area contributed by atoms with Gasteiger partial charge in [0.15, 0.2) is 0 Å². The molecule has 0 atom stereocenters. The molecule has 0 saturated heterocycles. The Morgan fingerprint density at radius 3 is 2.76 bits per heavy atom. The van der Waals surface area contributed by atoms with Crippen molar-refractivity contribution >= 4 is 28.6 Å². The second-order valence-corrected chi connectivity index (χ2v) is 4.41. The molecule has 0 spiro atoms. The highest BCUT2D eigenvalue weighted by Gasteiger charge is 2.19. The van der Waals surface area contributed by atoms with E-state index < -0.39 is 12.4 Å². The van der Waals surface area contributed by atoms with Crippen molar-refractivity contribution in [3.63, 3.8) is 0 Å². The van der Waals surface area contributed by atoms with Gasteiger partial charge in [0.1, 0.15) is 3.70 Å². The highest BCUT2D eigenvalue weighted by atomic mass is 127. The monoisotopic (exact) mass is 355 g/mol. The third-order valence-corrected chi connectivity index (χ3v) is 3.38. The van der Waals surface area contributed by atoms with Crippen LogP contribution in [0.2, 0.25) is 0 Å². The van der Waals surface area contributed by atoms with Crippen LogP contribution in [0.15, 0.2) is 6.20 Å². The Hall–Kier alpha value is -0.790. The molecule has 0 aliphatic carbocycles. The van der Waals surface area contributed by atoms with E-state index in [4.69, 9.17) is 4.74 Å². The molecule has 1 heterocycles. The van der Waals surface area contributed by atoms with E-state index in [0.29, 0.717) is 14.8 Å². The minimum absolute atomic E-state index is 0.141. The minimum atomic E-state index is -2.64. The Morgan fingerprint density at radius 1 is 1.59 bits per heavy atom. The lowest BCUT2D eigenvalue weighted by molar-refractivity contribution is -0.142. The molecular formula is C11H12F2INO2. The van der Waals surface area contributed by atoms with Crippen LogP contribution in [0.1, 0.15) is 30.0 Å². The summed E-state index contributed by atoms with van der Waals surface area (Å²) in [5, 5.41) is 0. The van der Waals surface area contributed by atoms with Gasteiger partial charge in [0.25, 0.3) is 6.43 Å². The van der Waals surface area contributed by atoms with E-state index in [1.54, 1.807) is 13.8 Å². The molecule has 0 saturated carbocycles. The zero-order chi connectivity index (χ0) is 13.0. The molecule has 0 aromatic carbocycles. The summed E-state index contributed by atoms with van der Waals surface area (Å²) in [5.74, 6) is -0.500. The molecule has 94 valence electrons. The Kier molecular flexibility index (Phi) is 5.23. The Morgan fingerprint density at radius 2 is 2.24 bits per heavy atom. The first-order chi connectivity index (χ1) is 7.97. The predicted molar refractivity (Wildman–Crippen MR) is 67.0 cm³/mol. The van der Waals surface area contributed by atoms with E-state index in [1.807, 2.05) is 22.6 Å². The van der Waals surface area contributed by atoms with E-state index in [1.165, 1.54) is 0 Å². The largest absolute Gasteiger partial charge is 0.466 e. The number of esters is 1. The summed E-state index contributed by atoms with van der Waals surface area (Å²) < 4.78 is 30.9. The molecule has 0 unspecified atom stereocenters. The van der Waals surface area contributed by atoms with Crippen molar-refractivity contribution in [3.05, 3.63) is 26.6 Å². The number of pyridine rings is 1. The van der Waals surface area contributed by atoms with Crippen LogP contribution < -0.4 is 0 Å². The van der Waals surface area contributed by atoms with E-state index in [2.05, 4.69) is 4.98 Å². The number of carbonyl (C=O) groups excluding carboxylic acids is 1. The maximum absolute atomic E-state index is 12.8. The van der Waals surface area contributed by atoms with Crippen molar-refractivity contribution in [1.29, 1.82) is 0 Å². The summed E-state index contributed by atoms with van der Waals surface area (Å²) >= 11 is 1.95. The molecule has 1 aromatic heterocycles. The molecule has 6 heteroatoms. The fourth-order valence-corrected chi connectivity index (χ4v) is 1.89. The molecule has 3 nitrogen and oxygen atoms in total. The van der Waals surface area contributed by atoms with Crippen LogP contribution in [-0.4, -0.2) is 17.6 Å². The number of ether oxygens (including phenoxy) is 1. The molecule has 0 bridgehead atoms. The quantitative estimate of drug-likeness (QED) is 0.474. The fourth-order valence-electron chi connectivity index (χ4n) is 1.42. The predicted octanol–water partition coefficient (Wildman–Crippen LogP) is 3.04. The summed E-state index contributed by atoms with van der Waals surface area (Å²) in [4.78, 5) is 15.2.